The van der Waals surface area contributed by atoms with Gasteiger partial charge in [0.05, 0.1) is 13.7 Å². The largest absolute Gasteiger partial charge is 0.493 e. The summed E-state index contributed by atoms with van der Waals surface area (Å²) in [5.41, 5.74) is 4.06. The van der Waals surface area contributed by atoms with E-state index >= 15 is 0 Å². The Morgan fingerprint density at radius 2 is 1.92 bits per heavy atom. The molecular weight excluding hydrogens is 322 g/mol. The minimum Gasteiger partial charge on any atom is -0.493 e. The van der Waals surface area contributed by atoms with Crippen LogP contribution in [0, 0.1) is 0 Å². The van der Waals surface area contributed by atoms with Crippen molar-refractivity contribution in [3.05, 3.63) is 59.2 Å². The molecule has 1 aliphatic heterocycles. The monoisotopic (exact) mass is 347 g/mol. The average molecular weight is 348 g/mol. The van der Waals surface area contributed by atoms with Gasteiger partial charge in [-0.05, 0) is 54.6 Å². The van der Waals surface area contributed by atoms with Gasteiger partial charge in [0.25, 0.3) is 0 Å². The number of ether oxygens (including phenoxy) is 2. The van der Waals surface area contributed by atoms with E-state index in [9.17, 15) is 0 Å². The smallest absolute Gasteiger partial charge is 0.161 e. The Bertz CT molecular complexity index is 646. The molecule has 1 atom stereocenters. The molecule has 0 aromatic heterocycles. The zero-order chi connectivity index (χ0) is 16.1. The van der Waals surface area contributed by atoms with E-state index in [2.05, 4.69) is 54.7 Å². The van der Waals surface area contributed by atoms with Crippen LogP contribution >= 0.6 is 12.4 Å². The van der Waals surface area contributed by atoms with Crippen LogP contribution in [0.2, 0.25) is 0 Å². The molecule has 1 N–H and O–H groups in total. The molecule has 24 heavy (non-hydrogen) atoms. The van der Waals surface area contributed by atoms with Gasteiger partial charge < -0.3 is 14.8 Å². The van der Waals surface area contributed by atoms with E-state index < -0.39 is 0 Å². The van der Waals surface area contributed by atoms with Crippen LogP contribution in [0.4, 0.5) is 0 Å². The summed E-state index contributed by atoms with van der Waals surface area (Å²) in [7, 11) is 1.71. The molecule has 0 amide bonds. The Hall–Kier alpha value is -1.71. The van der Waals surface area contributed by atoms with E-state index in [4.69, 9.17) is 9.47 Å². The molecule has 4 heteroatoms. The van der Waals surface area contributed by atoms with E-state index in [-0.39, 0.29) is 12.4 Å². The van der Waals surface area contributed by atoms with E-state index in [0.717, 1.165) is 37.3 Å². The fourth-order valence-corrected chi connectivity index (χ4v) is 3.17. The number of methoxy groups -OCH3 is 1. The van der Waals surface area contributed by atoms with E-state index in [0.29, 0.717) is 12.6 Å². The Balaban J connectivity index is 0.00000208. The molecule has 2 aromatic rings. The van der Waals surface area contributed by atoms with Gasteiger partial charge in [-0.25, -0.2) is 0 Å². The average Bonchev–Trinajstić information content (AvgIpc) is 2.60. The van der Waals surface area contributed by atoms with Crippen LogP contribution in [0.5, 0.6) is 11.5 Å². The van der Waals surface area contributed by atoms with Crippen LogP contribution in [0.15, 0.2) is 42.5 Å². The van der Waals surface area contributed by atoms with Gasteiger partial charge in [-0.2, -0.15) is 0 Å². The quantitative estimate of drug-likeness (QED) is 0.843. The van der Waals surface area contributed by atoms with Gasteiger partial charge in [-0.1, -0.05) is 37.3 Å². The highest BCUT2D eigenvalue weighted by molar-refractivity contribution is 5.85. The Kier molecular flexibility index (Phi) is 6.95. The van der Waals surface area contributed by atoms with Crippen molar-refractivity contribution in [2.45, 2.75) is 32.2 Å². The second-order valence-electron chi connectivity index (χ2n) is 6.00. The number of benzene rings is 2. The molecule has 0 saturated carbocycles. The number of halogens is 1. The van der Waals surface area contributed by atoms with Gasteiger partial charge in [0, 0.05) is 6.04 Å². The van der Waals surface area contributed by atoms with Crippen LogP contribution in [-0.4, -0.2) is 20.3 Å². The third kappa shape index (κ3) is 4.22. The van der Waals surface area contributed by atoms with Crippen LogP contribution in [0.25, 0.3) is 0 Å². The van der Waals surface area contributed by atoms with Crippen molar-refractivity contribution in [1.29, 1.82) is 0 Å². The number of hydrogen-bond donors (Lipinski definition) is 1. The minimum absolute atomic E-state index is 0. The van der Waals surface area contributed by atoms with E-state index in [1.165, 1.54) is 16.7 Å². The Morgan fingerprint density at radius 3 is 2.62 bits per heavy atom. The molecule has 0 spiro atoms. The Labute approximate surface area is 150 Å². The van der Waals surface area contributed by atoms with Gasteiger partial charge >= 0.3 is 0 Å². The summed E-state index contributed by atoms with van der Waals surface area (Å²) >= 11 is 0. The van der Waals surface area contributed by atoms with Gasteiger partial charge in [-0.15, -0.1) is 12.4 Å². The lowest BCUT2D eigenvalue weighted by Crippen LogP contribution is -2.31. The third-order valence-electron chi connectivity index (χ3n) is 4.33. The summed E-state index contributed by atoms with van der Waals surface area (Å²) in [6.45, 7) is 3.83. The van der Waals surface area contributed by atoms with Gasteiger partial charge in [0.1, 0.15) is 0 Å². The maximum absolute atomic E-state index is 5.89. The number of fused-ring (bicyclic) bond motifs is 1. The van der Waals surface area contributed by atoms with Crippen molar-refractivity contribution in [2.24, 2.45) is 0 Å². The molecule has 0 fully saturated rings. The lowest BCUT2D eigenvalue weighted by atomic mass is 9.90. The Morgan fingerprint density at radius 1 is 1.12 bits per heavy atom. The molecule has 0 bridgehead atoms. The van der Waals surface area contributed by atoms with Crippen molar-refractivity contribution < 1.29 is 9.47 Å². The third-order valence-corrected chi connectivity index (χ3v) is 4.33. The van der Waals surface area contributed by atoms with E-state index in [1.54, 1.807) is 7.11 Å². The topological polar surface area (TPSA) is 30.5 Å². The van der Waals surface area contributed by atoms with Crippen molar-refractivity contribution in [3.8, 4) is 11.5 Å². The first-order valence-electron chi connectivity index (χ1n) is 8.42. The lowest BCUT2D eigenvalue weighted by molar-refractivity contribution is 0.293. The van der Waals surface area contributed by atoms with Gasteiger partial charge in [-0.3, -0.25) is 0 Å². The predicted molar refractivity (Wildman–Crippen MR) is 101 cm³/mol. The lowest BCUT2D eigenvalue weighted by Gasteiger charge is -2.28. The van der Waals surface area contributed by atoms with Crippen LogP contribution < -0.4 is 14.8 Å². The molecule has 1 heterocycles. The standard InChI is InChI=1S/C20H25NO2.ClH/c1-3-11-23-20-14-17-16(13-19(20)22-2)9-10-21-18(17)12-15-7-5-4-6-8-15;/h4-8,13-14,18,21H,3,9-12H2,1-2H3;1H. The molecule has 3 rings (SSSR count). The van der Waals surface area contributed by atoms with E-state index in [1.807, 2.05) is 0 Å². The molecule has 0 radical (unpaired) electrons. The molecular formula is C20H26ClNO2. The van der Waals surface area contributed by atoms with Crippen molar-refractivity contribution in [2.75, 3.05) is 20.3 Å². The van der Waals surface area contributed by atoms with Crippen LogP contribution in [0.1, 0.15) is 36.1 Å². The van der Waals surface area contributed by atoms with Crippen molar-refractivity contribution >= 4 is 12.4 Å². The summed E-state index contributed by atoms with van der Waals surface area (Å²) in [5.74, 6) is 1.70. The molecule has 0 aliphatic carbocycles. The maximum atomic E-state index is 5.89. The maximum Gasteiger partial charge on any atom is 0.161 e. The molecule has 0 saturated heterocycles. The SMILES string of the molecule is CCCOc1cc2c(cc1OC)CCNC2Cc1ccccc1.Cl. The first-order chi connectivity index (χ1) is 11.3. The number of nitrogens with one attached hydrogen (secondary N) is 1. The zero-order valence-electron chi connectivity index (χ0n) is 14.4. The highest BCUT2D eigenvalue weighted by Crippen LogP contribution is 2.36. The summed E-state index contributed by atoms with van der Waals surface area (Å²) in [6.07, 6.45) is 3.02. The second-order valence-corrected chi connectivity index (χ2v) is 6.00. The molecule has 1 aliphatic rings. The second kappa shape index (κ2) is 8.95. The normalized spacial score (nSPS) is 16.0. The van der Waals surface area contributed by atoms with Gasteiger partial charge in [0.2, 0.25) is 0 Å². The summed E-state index contributed by atoms with van der Waals surface area (Å²) in [6, 6.07) is 15.3. The summed E-state index contributed by atoms with van der Waals surface area (Å²) in [4.78, 5) is 0. The van der Waals surface area contributed by atoms with Crippen LogP contribution in [-0.2, 0) is 12.8 Å². The molecule has 1 unspecified atom stereocenters. The predicted octanol–water partition coefficient (Wildman–Crippen LogP) is 4.34. The molecule has 130 valence electrons. The van der Waals surface area contributed by atoms with Crippen LogP contribution in [0.3, 0.4) is 0 Å². The fraction of sp³-hybridized carbons (Fsp3) is 0.400. The minimum atomic E-state index is 0. The fourth-order valence-electron chi connectivity index (χ4n) is 3.17. The zero-order valence-corrected chi connectivity index (χ0v) is 15.2. The highest BCUT2D eigenvalue weighted by atomic mass is 35.5. The van der Waals surface area contributed by atoms with Gasteiger partial charge in [0.15, 0.2) is 11.5 Å². The first-order valence-corrected chi connectivity index (χ1v) is 8.42. The first kappa shape index (κ1) is 18.6. The summed E-state index contributed by atoms with van der Waals surface area (Å²) < 4.78 is 11.4. The summed E-state index contributed by atoms with van der Waals surface area (Å²) in [5, 5.41) is 3.65. The number of rotatable bonds is 6. The molecule has 2 aromatic carbocycles. The van der Waals surface area contributed by atoms with Crippen molar-refractivity contribution in [3.63, 3.8) is 0 Å². The number of hydrogen-bond acceptors (Lipinski definition) is 3. The molecule has 3 nitrogen and oxygen atoms in total. The highest BCUT2D eigenvalue weighted by Gasteiger charge is 2.22. The van der Waals surface area contributed by atoms with Crippen molar-refractivity contribution in [1.82, 2.24) is 5.32 Å².